The summed E-state index contributed by atoms with van der Waals surface area (Å²) in [5.74, 6) is -1.13. The summed E-state index contributed by atoms with van der Waals surface area (Å²) in [5, 5.41) is 1.43. The lowest BCUT2D eigenvalue weighted by atomic mass is 10.5. The van der Waals surface area contributed by atoms with Crippen LogP contribution in [-0.4, -0.2) is 38.0 Å². The van der Waals surface area contributed by atoms with Gasteiger partial charge in [0.25, 0.3) is 0 Å². The molecular weight excluding hydrogens is 246 g/mol. The number of hydrogen-bond donors (Lipinski definition) is 2. The molecule has 0 aromatic heterocycles. The molecule has 0 saturated heterocycles. The van der Waals surface area contributed by atoms with Crippen LogP contribution in [0.5, 0.6) is 0 Å². The molecule has 0 atom stereocenters. The zero-order chi connectivity index (χ0) is 12.8. The Hall–Kier alpha value is -1.03. The maximum atomic E-state index is 11.5. The largest absolute Gasteiger partial charge is 0.413 e. The molecule has 0 unspecified atom stereocenters. The van der Waals surface area contributed by atoms with Crippen molar-refractivity contribution in [2.45, 2.75) is 12.4 Å². The van der Waals surface area contributed by atoms with E-state index in [0.717, 1.165) is 0 Å². The molecule has 16 heavy (non-hydrogen) atoms. The van der Waals surface area contributed by atoms with Crippen LogP contribution in [0.25, 0.3) is 0 Å². The topological polar surface area (TPSA) is 50.4 Å². The van der Waals surface area contributed by atoms with Crippen LogP contribution < -0.4 is 10.8 Å². The lowest BCUT2D eigenvalue weighted by Gasteiger charge is -2.10. The highest BCUT2D eigenvalue weighted by Crippen LogP contribution is 2.13. The number of halogens is 6. The number of alkyl halides is 6. The van der Waals surface area contributed by atoms with Gasteiger partial charge in [-0.2, -0.15) is 31.8 Å². The average molecular weight is 254 g/mol. The predicted molar refractivity (Wildman–Crippen MR) is 39.1 cm³/mol. The number of carbonyl (C=O) groups excluding carboxylic acids is 1. The Kier molecular flexibility index (Phi) is 5.51. The Morgan fingerprint density at radius 1 is 1.06 bits per heavy atom. The van der Waals surface area contributed by atoms with Crippen LogP contribution in [0.15, 0.2) is 0 Å². The van der Waals surface area contributed by atoms with E-state index in [9.17, 15) is 31.1 Å². The summed E-state index contributed by atoms with van der Waals surface area (Å²) in [4.78, 5) is 14.4. The van der Waals surface area contributed by atoms with Gasteiger partial charge in [-0.3, -0.25) is 9.63 Å². The zero-order valence-corrected chi connectivity index (χ0v) is 7.71. The molecule has 0 aliphatic rings. The first-order chi connectivity index (χ1) is 7.10. The van der Waals surface area contributed by atoms with Crippen molar-refractivity contribution in [1.82, 2.24) is 10.8 Å². The van der Waals surface area contributed by atoms with Crippen molar-refractivity contribution in [3.8, 4) is 0 Å². The van der Waals surface area contributed by atoms with E-state index in [0.29, 0.717) is 0 Å². The second-order valence-electron chi connectivity index (χ2n) is 2.62. The average Bonchev–Trinajstić information content (AvgIpc) is 2.06. The Bertz CT molecular complexity index is 226. The summed E-state index contributed by atoms with van der Waals surface area (Å²) in [7, 11) is 0. The first-order valence-corrected chi connectivity index (χ1v) is 3.85. The highest BCUT2D eigenvalue weighted by Gasteiger charge is 2.29. The number of rotatable bonds is 5. The molecule has 0 aliphatic carbocycles. The zero-order valence-electron chi connectivity index (χ0n) is 7.71. The van der Waals surface area contributed by atoms with E-state index in [-0.39, 0.29) is 0 Å². The molecule has 0 aromatic carbocycles. The van der Waals surface area contributed by atoms with Crippen molar-refractivity contribution >= 4 is 5.91 Å². The molecule has 0 fully saturated rings. The van der Waals surface area contributed by atoms with Crippen molar-refractivity contribution < 1.29 is 36.0 Å². The molecule has 0 aromatic rings. The van der Waals surface area contributed by atoms with Crippen LogP contribution >= 0.6 is 0 Å². The SMILES string of the molecule is O=C(CNOCC(F)(F)F)NCC(F)(F)F. The minimum absolute atomic E-state index is 0.799. The Morgan fingerprint density at radius 3 is 2.06 bits per heavy atom. The van der Waals surface area contributed by atoms with E-state index in [2.05, 4.69) is 4.84 Å². The molecular formula is C6H8F6N2O2. The van der Waals surface area contributed by atoms with Crippen molar-refractivity contribution in [2.24, 2.45) is 0 Å². The second kappa shape index (κ2) is 5.89. The first kappa shape index (κ1) is 15.0. The van der Waals surface area contributed by atoms with Crippen molar-refractivity contribution in [1.29, 1.82) is 0 Å². The lowest BCUT2D eigenvalue weighted by molar-refractivity contribution is -0.190. The quantitative estimate of drug-likeness (QED) is 0.432. The maximum Gasteiger partial charge on any atom is 0.413 e. The molecule has 0 spiro atoms. The standard InChI is InChI=1S/C6H8F6N2O2/c7-5(8,9)2-13-4(15)1-14-16-3-6(10,11)12/h14H,1-3H2,(H,13,15). The molecule has 1 amide bonds. The number of amides is 1. The monoisotopic (exact) mass is 254 g/mol. The van der Waals surface area contributed by atoms with Gasteiger partial charge < -0.3 is 5.32 Å². The molecule has 96 valence electrons. The van der Waals surface area contributed by atoms with E-state index >= 15 is 0 Å². The van der Waals surface area contributed by atoms with Gasteiger partial charge in [0.2, 0.25) is 5.91 Å². The van der Waals surface area contributed by atoms with Gasteiger partial charge in [-0.15, -0.1) is 0 Å². The third-order valence-corrected chi connectivity index (χ3v) is 1.06. The molecule has 10 heteroatoms. The van der Waals surface area contributed by atoms with Gasteiger partial charge in [-0.1, -0.05) is 0 Å². The van der Waals surface area contributed by atoms with Gasteiger partial charge in [0.1, 0.15) is 6.54 Å². The Morgan fingerprint density at radius 2 is 1.62 bits per heavy atom. The van der Waals surface area contributed by atoms with Gasteiger partial charge in [-0.25, -0.2) is 0 Å². The predicted octanol–water partition coefficient (Wildman–Crippen LogP) is 0.748. The first-order valence-electron chi connectivity index (χ1n) is 3.85. The van der Waals surface area contributed by atoms with E-state index in [1.54, 1.807) is 5.48 Å². The Balaban J connectivity index is 3.52. The maximum absolute atomic E-state index is 11.5. The second-order valence-corrected chi connectivity index (χ2v) is 2.62. The van der Waals surface area contributed by atoms with Gasteiger partial charge in [-0.05, 0) is 0 Å². The fourth-order valence-corrected chi connectivity index (χ4v) is 0.511. The Labute approximate surface area is 85.9 Å². The summed E-state index contributed by atoms with van der Waals surface area (Å²) in [6.07, 6.45) is -9.14. The normalized spacial score (nSPS) is 12.6. The van der Waals surface area contributed by atoms with Gasteiger partial charge in [0.05, 0.1) is 6.54 Å². The smallest absolute Gasteiger partial charge is 0.346 e. The van der Waals surface area contributed by atoms with E-state index in [4.69, 9.17) is 0 Å². The molecule has 4 nitrogen and oxygen atoms in total. The lowest BCUT2D eigenvalue weighted by Crippen LogP contribution is -2.40. The summed E-state index contributed by atoms with van der Waals surface area (Å²) in [5.41, 5.74) is 1.58. The van der Waals surface area contributed by atoms with Crippen molar-refractivity contribution in [2.75, 3.05) is 19.7 Å². The highest BCUT2D eigenvalue weighted by atomic mass is 19.4. The summed E-state index contributed by atoms with van der Waals surface area (Å²) in [6, 6.07) is 0. The van der Waals surface area contributed by atoms with Crippen molar-refractivity contribution in [3.63, 3.8) is 0 Å². The number of carbonyl (C=O) groups is 1. The van der Waals surface area contributed by atoms with Crippen molar-refractivity contribution in [3.05, 3.63) is 0 Å². The summed E-state index contributed by atoms with van der Waals surface area (Å²) < 4.78 is 69.0. The minimum atomic E-state index is -4.57. The molecule has 0 aliphatic heterocycles. The molecule has 0 rings (SSSR count). The minimum Gasteiger partial charge on any atom is -0.346 e. The third kappa shape index (κ3) is 11.0. The highest BCUT2D eigenvalue weighted by molar-refractivity contribution is 5.77. The van der Waals surface area contributed by atoms with Crippen LogP contribution in [-0.2, 0) is 9.63 Å². The molecule has 0 saturated carbocycles. The van der Waals surface area contributed by atoms with E-state index in [1.807, 2.05) is 0 Å². The van der Waals surface area contributed by atoms with E-state index < -0.39 is 38.0 Å². The summed E-state index contributed by atoms with van der Waals surface area (Å²) >= 11 is 0. The molecule has 0 heterocycles. The van der Waals surface area contributed by atoms with Gasteiger partial charge in [0.15, 0.2) is 6.61 Å². The van der Waals surface area contributed by atoms with Gasteiger partial charge >= 0.3 is 12.4 Å². The van der Waals surface area contributed by atoms with Crippen LogP contribution in [0.1, 0.15) is 0 Å². The molecule has 0 bridgehead atoms. The third-order valence-electron chi connectivity index (χ3n) is 1.06. The number of hydroxylamine groups is 1. The van der Waals surface area contributed by atoms with Crippen LogP contribution in [0.4, 0.5) is 26.3 Å². The number of hydrogen-bond acceptors (Lipinski definition) is 3. The summed E-state index contributed by atoms with van der Waals surface area (Å²) in [6.45, 7) is -3.99. The fraction of sp³-hybridized carbons (Fsp3) is 0.833. The molecule has 2 N–H and O–H groups in total. The van der Waals surface area contributed by atoms with Crippen LogP contribution in [0.2, 0.25) is 0 Å². The fourth-order valence-electron chi connectivity index (χ4n) is 0.511. The number of nitrogens with one attached hydrogen (secondary N) is 2. The van der Waals surface area contributed by atoms with Gasteiger partial charge in [0, 0.05) is 0 Å². The molecule has 0 radical (unpaired) electrons. The van der Waals surface area contributed by atoms with Crippen LogP contribution in [0, 0.1) is 0 Å². The van der Waals surface area contributed by atoms with E-state index in [1.165, 1.54) is 5.32 Å². The van der Waals surface area contributed by atoms with Crippen LogP contribution in [0.3, 0.4) is 0 Å².